The van der Waals surface area contributed by atoms with Crippen molar-refractivity contribution in [2.45, 2.75) is 6.42 Å². The molecule has 4 nitrogen and oxygen atoms in total. The van der Waals surface area contributed by atoms with E-state index in [4.69, 9.17) is 11.6 Å². The maximum Gasteiger partial charge on any atom is 0.226 e. The molecule has 0 aromatic carbocycles. The highest BCUT2D eigenvalue weighted by atomic mass is 35.5. The quantitative estimate of drug-likeness (QED) is 0.752. The van der Waals surface area contributed by atoms with E-state index in [0.717, 1.165) is 37.2 Å². The van der Waals surface area contributed by atoms with Crippen LogP contribution >= 0.6 is 11.6 Å². The first-order valence-corrected chi connectivity index (χ1v) is 6.05. The van der Waals surface area contributed by atoms with Crippen LogP contribution in [0.2, 0.25) is 0 Å². The Kier molecular flexibility index (Phi) is 3.49. The number of alkyl halides is 1. The molecule has 0 bridgehead atoms. The summed E-state index contributed by atoms with van der Waals surface area (Å²) in [5.74, 6) is 3.10. The van der Waals surface area contributed by atoms with Crippen LogP contribution in [0.25, 0.3) is 0 Å². The Balaban J connectivity index is 2.12. The zero-order valence-corrected chi connectivity index (χ0v) is 10.5. The zero-order chi connectivity index (χ0) is 11.5. The molecule has 0 radical (unpaired) electrons. The molecule has 88 valence electrons. The minimum atomic E-state index is 0.597. The molecule has 1 unspecified atom stereocenters. The third-order valence-corrected chi connectivity index (χ3v) is 3.29. The Morgan fingerprint density at radius 2 is 2.38 bits per heavy atom. The molecule has 1 fully saturated rings. The summed E-state index contributed by atoms with van der Waals surface area (Å²) in [6, 6.07) is 1.96. The Morgan fingerprint density at radius 1 is 1.56 bits per heavy atom. The predicted octanol–water partition coefficient (Wildman–Crippen LogP) is 1.61. The fourth-order valence-electron chi connectivity index (χ4n) is 1.90. The minimum absolute atomic E-state index is 0.597. The van der Waals surface area contributed by atoms with Gasteiger partial charge in [0.1, 0.15) is 5.82 Å². The van der Waals surface area contributed by atoms with Gasteiger partial charge in [-0.1, -0.05) is 0 Å². The topological polar surface area (TPSA) is 32.3 Å². The van der Waals surface area contributed by atoms with Gasteiger partial charge in [-0.25, -0.2) is 4.98 Å². The van der Waals surface area contributed by atoms with Crippen molar-refractivity contribution >= 4 is 23.4 Å². The van der Waals surface area contributed by atoms with Gasteiger partial charge in [-0.2, -0.15) is 4.98 Å². The van der Waals surface area contributed by atoms with Crippen molar-refractivity contribution in [3.05, 3.63) is 12.3 Å². The smallest absolute Gasteiger partial charge is 0.226 e. The van der Waals surface area contributed by atoms with E-state index in [-0.39, 0.29) is 0 Å². The molecular formula is C11H17ClN4. The third-order valence-electron chi connectivity index (χ3n) is 2.86. The van der Waals surface area contributed by atoms with E-state index in [1.165, 1.54) is 0 Å². The molecule has 0 N–H and O–H groups in total. The van der Waals surface area contributed by atoms with E-state index >= 15 is 0 Å². The second-order valence-electron chi connectivity index (χ2n) is 4.36. The number of rotatable bonds is 3. The first-order chi connectivity index (χ1) is 7.70. The van der Waals surface area contributed by atoms with E-state index in [0.29, 0.717) is 5.92 Å². The second-order valence-corrected chi connectivity index (χ2v) is 4.67. The summed E-state index contributed by atoms with van der Waals surface area (Å²) in [7, 11) is 3.90. The van der Waals surface area contributed by atoms with Crippen LogP contribution < -0.4 is 9.80 Å². The Bertz CT molecular complexity index is 356. The van der Waals surface area contributed by atoms with Crippen LogP contribution in [0.5, 0.6) is 0 Å². The van der Waals surface area contributed by atoms with E-state index in [1.807, 2.05) is 31.3 Å². The Morgan fingerprint density at radius 3 is 3.00 bits per heavy atom. The number of aromatic nitrogens is 2. The van der Waals surface area contributed by atoms with Gasteiger partial charge in [0.15, 0.2) is 0 Å². The number of hydrogen-bond acceptors (Lipinski definition) is 4. The average Bonchev–Trinajstić information content (AvgIpc) is 2.77. The molecule has 5 heteroatoms. The van der Waals surface area contributed by atoms with Gasteiger partial charge in [-0.05, 0) is 18.4 Å². The number of hydrogen-bond donors (Lipinski definition) is 0. The Hall–Kier alpha value is -1.03. The molecule has 1 aliphatic rings. The van der Waals surface area contributed by atoms with E-state index in [2.05, 4.69) is 14.9 Å². The van der Waals surface area contributed by atoms with Crippen molar-refractivity contribution in [1.29, 1.82) is 0 Å². The average molecular weight is 241 g/mol. The molecular weight excluding hydrogens is 224 g/mol. The molecule has 2 rings (SSSR count). The summed E-state index contributed by atoms with van der Waals surface area (Å²) in [4.78, 5) is 12.9. The molecule has 1 atom stereocenters. The monoisotopic (exact) mass is 240 g/mol. The SMILES string of the molecule is CN(C)c1nccc(N2CCC(CCl)C2)n1. The lowest BCUT2D eigenvalue weighted by Crippen LogP contribution is -2.22. The van der Waals surface area contributed by atoms with Crippen LogP contribution in [-0.4, -0.2) is 43.0 Å². The standard InChI is InChI=1S/C11H17ClN4/c1-15(2)11-13-5-3-10(14-11)16-6-4-9(7-12)8-16/h3,5,9H,4,6-8H2,1-2H3. The minimum Gasteiger partial charge on any atom is -0.356 e. The Labute approximate surface area is 101 Å². The van der Waals surface area contributed by atoms with Crippen molar-refractivity contribution in [2.75, 3.05) is 42.9 Å². The van der Waals surface area contributed by atoms with Gasteiger partial charge in [0.25, 0.3) is 0 Å². The van der Waals surface area contributed by atoms with E-state index < -0.39 is 0 Å². The molecule has 2 heterocycles. The predicted molar refractivity (Wildman–Crippen MR) is 67.4 cm³/mol. The van der Waals surface area contributed by atoms with Crippen LogP contribution in [0.1, 0.15) is 6.42 Å². The van der Waals surface area contributed by atoms with Gasteiger partial charge in [-0.15, -0.1) is 11.6 Å². The summed E-state index contributed by atoms with van der Waals surface area (Å²) in [5, 5.41) is 0. The van der Waals surface area contributed by atoms with Gasteiger partial charge in [0.2, 0.25) is 5.95 Å². The molecule has 1 saturated heterocycles. The first kappa shape index (κ1) is 11.5. The number of nitrogens with zero attached hydrogens (tertiary/aromatic N) is 4. The van der Waals surface area contributed by atoms with Crippen molar-refractivity contribution in [3.8, 4) is 0 Å². The molecule has 0 spiro atoms. The van der Waals surface area contributed by atoms with Crippen LogP contribution in [0.15, 0.2) is 12.3 Å². The van der Waals surface area contributed by atoms with Crippen LogP contribution in [-0.2, 0) is 0 Å². The summed E-state index contributed by atoms with van der Waals surface area (Å²) < 4.78 is 0. The molecule has 1 aliphatic heterocycles. The van der Waals surface area contributed by atoms with Gasteiger partial charge in [-0.3, -0.25) is 0 Å². The van der Waals surface area contributed by atoms with Gasteiger partial charge in [0, 0.05) is 39.3 Å². The van der Waals surface area contributed by atoms with Crippen molar-refractivity contribution in [3.63, 3.8) is 0 Å². The highest BCUT2D eigenvalue weighted by Crippen LogP contribution is 2.23. The van der Waals surface area contributed by atoms with Gasteiger partial charge < -0.3 is 9.80 Å². The van der Waals surface area contributed by atoms with Crippen molar-refractivity contribution < 1.29 is 0 Å². The maximum atomic E-state index is 5.87. The largest absolute Gasteiger partial charge is 0.356 e. The fraction of sp³-hybridized carbons (Fsp3) is 0.636. The lowest BCUT2D eigenvalue weighted by atomic mass is 10.2. The number of halogens is 1. The normalized spacial score (nSPS) is 20.2. The fourth-order valence-corrected chi connectivity index (χ4v) is 2.15. The summed E-state index contributed by atoms with van der Waals surface area (Å²) >= 11 is 5.87. The third kappa shape index (κ3) is 2.38. The first-order valence-electron chi connectivity index (χ1n) is 5.52. The van der Waals surface area contributed by atoms with Crippen LogP contribution in [0, 0.1) is 5.92 Å². The molecule has 0 aliphatic carbocycles. The van der Waals surface area contributed by atoms with Crippen LogP contribution in [0.3, 0.4) is 0 Å². The zero-order valence-electron chi connectivity index (χ0n) is 9.73. The lowest BCUT2D eigenvalue weighted by Gasteiger charge is -2.19. The molecule has 1 aromatic rings. The second kappa shape index (κ2) is 4.87. The molecule has 0 saturated carbocycles. The number of anilines is 2. The summed E-state index contributed by atoms with van der Waals surface area (Å²) in [6.45, 7) is 2.05. The molecule has 0 amide bonds. The summed E-state index contributed by atoms with van der Waals surface area (Å²) in [6.07, 6.45) is 2.97. The molecule has 1 aromatic heterocycles. The van der Waals surface area contributed by atoms with Crippen LogP contribution in [0.4, 0.5) is 11.8 Å². The highest BCUT2D eigenvalue weighted by Gasteiger charge is 2.22. The van der Waals surface area contributed by atoms with Gasteiger partial charge in [0.05, 0.1) is 0 Å². The molecule has 16 heavy (non-hydrogen) atoms. The van der Waals surface area contributed by atoms with E-state index in [1.54, 1.807) is 0 Å². The maximum absolute atomic E-state index is 5.87. The summed E-state index contributed by atoms with van der Waals surface area (Å²) in [5.41, 5.74) is 0. The van der Waals surface area contributed by atoms with E-state index in [9.17, 15) is 0 Å². The van der Waals surface area contributed by atoms with Crippen molar-refractivity contribution in [1.82, 2.24) is 9.97 Å². The lowest BCUT2D eigenvalue weighted by molar-refractivity contribution is 0.666. The van der Waals surface area contributed by atoms with Gasteiger partial charge >= 0.3 is 0 Å². The van der Waals surface area contributed by atoms with Crippen molar-refractivity contribution in [2.24, 2.45) is 5.92 Å². The highest BCUT2D eigenvalue weighted by molar-refractivity contribution is 6.18.